The number of hydrogen-bond donors (Lipinski definition) is 11. The Bertz CT molecular complexity index is 2380. The number of carbonyl (C=O) groups is 3. The molecule has 0 radical (unpaired) electrons. The fourth-order valence-electron chi connectivity index (χ4n) is 6.44. The minimum Gasteiger partial charge on any atom is -0.390 e. The molecule has 2 aromatic rings. The van der Waals surface area contributed by atoms with Crippen LogP contribution < -0.4 is 16.4 Å². The normalized spacial score (nSPS) is 20.9. The summed E-state index contributed by atoms with van der Waals surface area (Å²) in [5, 5.41) is 45.8. The first kappa shape index (κ1) is 63.5. The van der Waals surface area contributed by atoms with Crippen LogP contribution in [0.1, 0.15) is 84.8 Å². The van der Waals surface area contributed by atoms with E-state index in [1.165, 1.54) is 13.8 Å². The summed E-state index contributed by atoms with van der Waals surface area (Å²) in [6.07, 6.45) is 16.7. The van der Waals surface area contributed by atoms with Crippen LogP contribution in [-0.2, 0) is 50.7 Å². The topological polar surface area (TPSA) is 404 Å². The van der Waals surface area contributed by atoms with Gasteiger partial charge in [0.25, 0.3) is 0 Å². The molecular formula is C43H68N7O19P3S. The number of nitrogen functional groups attached to an aromatic ring is 1. The van der Waals surface area contributed by atoms with E-state index in [1.807, 2.05) is 43.4 Å². The molecule has 3 rings (SSSR count). The van der Waals surface area contributed by atoms with Crippen molar-refractivity contribution in [1.29, 1.82) is 0 Å². The molecule has 9 unspecified atom stereocenters. The number of aromatic nitrogens is 4. The van der Waals surface area contributed by atoms with Gasteiger partial charge in [-0.25, -0.2) is 28.6 Å². The van der Waals surface area contributed by atoms with Gasteiger partial charge in [0.15, 0.2) is 22.8 Å². The summed E-state index contributed by atoms with van der Waals surface area (Å²) in [6.45, 7) is 2.26. The molecule has 2 amide bonds. The lowest BCUT2D eigenvalue weighted by Gasteiger charge is -2.30. The summed E-state index contributed by atoms with van der Waals surface area (Å²) in [4.78, 5) is 88.4. The lowest BCUT2D eigenvalue weighted by molar-refractivity contribution is -0.137. The average molecular weight is 1110 g/mol. The van der Waals surface area contributed by atoms with Gasteiger partial charge in [-0.2, -0.15) is 4.31 Å². The number of aliphatic hydroxyl groups excluding tert-OH is 4. The van der Waals surface area contributed by atoms with Crippen molar-refractivity contribution in [3.05, 3.63) is 73.4 Å². The Hall–Kier alpha value is -3.82. The molecule has 0 aliphatic carbocycles. The molecule has 30 heteroatoms. The number of anilines is 1. The molecule has 0 saturated carbocycles. The van der Waals surface area contributed by atoms with Crippen LogP contribution in [0.25, 0.3) is 11.2 Å². The van der Waals surface area contributed by atoms with Crippen molar-refractivity contribution in [3.8, 4) is 0 Å². The molecule has 3 heterocycles. The molecule has 0 bridgehead atoms. The smallest absolute Gasteiger partial charge is 0.390 e. The van der Waals surface area contributed by atoms with Crippen LogP contribution in [0, 0.1) is 5.41 Å². The predicted molar refractivity (Wildman–Crippen MR) is 267 cm³/mol. The number of hydrogen-bond acceptors (Lipinski definition) is 20. The summed E-state index contributed by atoms with van der Waals surface area (Å²) in [6, 6.07) is 0. The highest BCUT2D eigenvalue weighted by Crippen LogP contribution is 2.61. The van der Waals surface area contributed by atoms with Crippen LogP contribution in [0.2, 0.25) is 0 Å². The largest absolute Gasteiger partial charge is 0.481 e. The Morgan fingerprint density at radius 1 is 0.849 bits per heavy atom. The van der Waals surface area contributed by atoms with E-state index in [1.54, 1.807) is 0 Å². The Morgan fingerprint density at radius 3 is 2.07 bits per heavy atom. The number of ether oxygens (including phenoxy) is 1. The van der Waals surface area contributed by atoms with Crippen LogP contribution in [0.5, 0.6) is 0 Å². The van der Waals surface area contributed by atoms with Gasteiger partial charge in [-0.1, -0.05) is 93.3 Å². The van der Waals surface area contributed by atoms with Gasteiger partial charge < -0.3 is 61.1 Å². The van der Waals surface area contributed by atoms with Gasteiger partial charge in [-0.15, -0.1) is 0 Å². The Kier molecular flexibility index (Phi) is 27.2. The molecule has 1 aliphatic heterocycles. The van der Waals surface area contributed by atoms with Gasteiger partial charge in [0, 0.05) is 37.1 Å². The number of thioether (sulfide) groups is 1. The van der Waals surface area contributed by atoms with E-state index in [9.17, 15) is 68.1 Å². The third kappa shape index (κ3) is 23.7. The van der Waals surface area contributed by atoms with Crippen LogP contribution in [-0.4, -0.2) is 145 Å². The highest BCUT2D eigenvalue weighted by molar-refractivity contribution is 8.13. The number of fused-ring (bicyclic) bond motifs is 1. The lowest BCUT2D eigenvalue weighted by atomic mass is 9.87. The second-order valence-electron chi connectivity index (χ2n) is 16.9. The number of aliphatic hydroxyl groups is 4. The highest BCUT2D eigenvalue weighted by atomic mass is 32.2. The molecule has 0 spiro atoms. The maximum absolute atomic E-state index is 12.8. The number of phosphoric acid groups is 3. The Balaban J connectivity index is 1.28. The maximum Gasteiger partial charge on any atom is 0.481 e. The molecule has 73 heavy (non-hydrogen) atoms. The molecule has 2 aromatic heterocycles. The second kappa shape index (κ2) is 31.3. The van der Waals surface area contributed by atoms with Gasteiger partial charge in [0.05, 0.1) is 31.7 Å². The number of allylic oxidation sites excluding steroid dienone is 9. The molecule has 410 valence electrons. The van der Waals surface area contributed by atoms with Crippen molar-refractivity contribution in [3.63, 3.8) is 0 Å². The van der Waals surface area contributed by atoms with E-state index < -0.39 is 96.8 Å². The van der Waals surface area contributed by atoms with E-state index in [0.717, 1.165) is 54.7 Å². The number of rotatable bonds is 34. The number of nitrogens with two attached hydrogens (primary N) is 1. The first-order valence-electron chi connectivity index (χ1n) is 23.0. The van der Waals surface area contributed by atoms with E-state index in [0.29, 0.717) is 31.4 Å². The molecule has 0 aromatic carbocycles. The van der Waals surface area contributed by atoms with Crippen LogP contribution in [0.4, 0.5) is 5.82 Å². The summed E-state index contributed by atoms with van der Waals surface area (Å²) >= 11 is 1.08. The van der Waals surface area contributed by atoms with Crippen molar-refractivity contribution >= 4 is 69.1 Å². The minimum atomic E-state index is -5.59. The summed E-state index contributed by atoms with van der Waals surface area (Å²) in [7, 11) is -16.5. The van der Waals surface area contributed by atoms with Crippen molar-refractivity contribution in [2.45, 2.75) is 121 Å². The Labute approximate surface area is 426 Å². The fourth-order valence-corrected chi connectivity index (χ4v) is 9.96. The zero-order valence-electron chi connectivity index (χ0n) is 40.6. The summed E-state index contributed by atoms with van der Waals surface area (Å²) < 4.78 is 62.4. The molecule has 26 nitrogen and oxygen atoms in total. The van der Waals surface area contributed by atoms with Crippen molar-refractivity contribution < 1.29 is 90.7 Å². The van der Waals surface area contributed by atoms with E-state index in [-0.39, 0.29) is 41.6 Å². The minimum absolute atomic E-state index is 0.0253. The van der Waals surface area contributed by atoms with Gasteiger partial charge in [-0.3, -0.25) is 32.5 Å². The number of nitrogens with zero attached hydrogens (tertiary/aromatic N) is 4. The molecule has 12 N–H and O–H groups in total. The average Bonchev–Trinajstić information content (AvgIpc) is 3.88. The molecular weight excluding hydrogens is 1040 g/mol. The maximum atomic E-state index is 12.8. The summed E-state index contributed by atoms with van der Waals surface area (Å²) in [5.74, 6) is -1.15. The number of carbonyl (C=O) groups excluding carboxylic acids is 3. The van der Waals surface area contributed by atoms with Crippen molar-refractivity contribution in [2.75, 3.05) is 37.8 Å². The number of nitrogens with one attached hydrogen (secondary N) is 2. The van der Waals surface area contributed by atoms with E-state index >= 15 is 0 Å². The van der Waals surface area contributed by atoms with Crippen LogP contribution >= 0.6 is 35.2 Å². The molecule has 9 atom stereocenters. The van der Waals surface area contributed by atoms with Crippen molar-refractivity contribution in [2.24, 2.45) is 5.41 Å². The molecule has 1 aliphatic rings. The van der Waals surface area contributed by atoms with Gasteiger partial charge in [0.1, 0.15) is 36.3 Å². The van der Waals surface area contributed by atoms with Crippen molar-refractivity contribution in [1.82, 2.24) is 30.2 Å². The standard InChI is InChI=1S/C43H68N7O19P3S/c1-4-30(51)31(52)20-18-16-14-12-10-8-6-5-7-9-11-13-15-17-19-21-34(54)73-25-24-45-33(53)22-23-46-41(57)38(56)43(2,3)27-66-72(63,64)69-71(61,62)65-26-32-37(68-70(58,59)60)36(55)42(67-32)50-29-49-35-39(44)47-28-48-40(35)50/h5-6,9-12,15-18,28-32,36-38,42,51-52,55-56H,4,7-8,13-14,19-27H2,1-3H3,(H,45,53)(H,46,57)(H,61,62)(H,63,64)(H2,44,47,48)(H2,58,59,60)/b6-5+,11-9+,12-10+,17-15+,18-16+. The lowest BCUT2D eigenvalue weighted by Crippen LogP contribution is -2.46. The van der Waals surface area contributed by atoms with E-state index in [4.69, 9.17) is 19.5 Å². The van der Waals surface area contributed by atoms with Crippen LogP contribution in [0.15, 0.2) is 73.4 Å². The van der Waals surface area contributed by atoms with Crippen LogP contribution in [0.3, 0.4) is 0 Å². The highest BCUT2D eigenvalue weighted by Gasteiger charge is 2.50. The predicted octanol–water partition coefficient (Wildman–Crippen LogP) is 3.31. The quantitative estimate of drug-likeness (QED) is 0.0272. The third-order valence-electron chi connectivity index (χ3n) is 10.4. The Morgan fingerprint density at radius 2 is 1.45 bits per heavy atom. The molecule has 1 fully saturated rings. The first-order chi connectivity index (χ1) is 34.4. The fraction of sp³-hybridized carbons (Fsp3) is 0.581. The SMILES string of the molecule is CCC(O)C(O)C/C=C/C/C=C/C/C=C/C/C=C/C/C=C/CCC(=O)SCCNC(=O)CCNC(=O)C(O)C(C)(C)COP(=O)(O)OP(=O)(O)OCC1OC(n2cnc3c(N)ncnc32)C(O)C1OP(=O)(O)O. The summed E-state index contributed by atoms with van der Waals surface area (Å²) in [5.41, 5.74) is 4.25. The first-order valence-corrected chi connectivity index (χ1v) is 28.5. The van der Waals surface area contributed by atoms with Gasteiger partial charge in [-0.05, 0) is 44.9 Å². The monoisotopic (exact) mass is 1110 g/mol. The van der Waals surface area contributed by atoms with E-state index in [2.05, 4.69) is 58.7 Å². The van der Waals surface area contributed by atoms with Gasteiger partial charge >= 0.3 is 23.5 Å². The van der Waals surface area contributed by atoms with Gasteiger partial charge in [0.2, 0.25) is 11.8 Å². The number of imidazole rings is 1. The third-order valence-corrected chi connectivity index (χ3v) is 14.5. The number of phosphoric ester groups is 3. The zero-order chi connectivity index (χ0) is 54.2. The zero-order valence-corrected chi connectivity index (χ0v) is 44.1. The molecule has 1 saturated heterocycles. The number of amides is 2. The second-order valence-corrected chi connectivity index (χ2v) is 22.3.